The van der Waals surface area contributed by atoms with Crippen molar-refractivity contribution in [2.24, 2.45) is 0 Å². The van der Waals surface area contributed by atoms with Crippen molar-refractivity contribution in [3.8, 4) is 11.5 Å². The van der Waals surface area contributed by atoms with E-state index in [1.165, 1.54) is 12.1 Å². The third-order valence-electron chi connectivity index (χ3n) is 2.57. The minimum absolute atomic E-state index is 0.0519. The summed E-state index contributed by atoms with van der Waals surface area (Å²) in [6.07, 6.45) is -3.13. The minimum Gasteiger partial charge on any atom is -0.475 e. The van der Waals surface area contributed by atoms with Gasteiger partial charge in [-0.3, -0.25) is 10.1 Å². The van der Waals surface area contributed by atoms with Gasteiger partial charge in [0.25, 0.3) is 12.1 Å². The molecule has 21 heavy (non-hydrogen) atoms. The number of rotatable bonds is 4. The fourth-order valence-electron chi connectivity index (χ4n) is 1.75. The Morgan fingerprint density at radius 1 is 1.43 bits per heavy atom. The first-order chi connectivity index (χ1) is 9.79. The van der Waals surface area contributed by atoms with Gasteiger partial charge in [0.1, 0.15) is 0 Å². The quantitative estimate of drug-likeness (QED) is 0.686. The lowest BCUT2D eigenvalue weighted by atomic mass is 10.1. The zero-order valence-corrected chi connectivity index (χ0v) is 10.5. The van der Waals surface area contributed by atoms with E-state index >= 15 is 0 Å². The van der Waals surface area contributed by atoms with Crippen molar-refractivity contribution in [2.75, 3.05) is 0 Å². The van der Waals surface area contributed by atoms with Crippen LogP contribution in [0.1, 0.15) is 28.2 Å². The fraction of sp³-hybridized carbons (Fsp3) is 0.167. The van der Waals surface area contributed by atoms with Crippen LogP contribution in [0.25, 0.3) is 11.5 Å². The topological polar surface area (TPSA) is 106 Å². The number of benzene rings is 1. The van der Waals surface area contributed by atoms with Crippen molar-refractivity contribution in [3.63, 3.8) is 0 Å². The van der Waals surface area contributed by atoms with E-state index in [2.05, 4.69) is 4.98 Å². The standard InChI is InChI=1S/C12H8F2N2O5/c1-5-2-6(4-7(3-5)16(19)20)11-15-8(10(13)14)9(21-11)12(17)18/h2-4,10H,1H3,(H,17,18). The van der Waals surface area contributed by atoms with Crippen molar-refractivity contribution in [2.45, 2.75) is 13.3 Å². The van der Waals surface area contributed by atoms with E-state index in [0.717, 1.165) is 6.07 Å². The Morgan fingerprint density at radius 3 is 2.57 bits per heavy atom. The molecule has 0 aliphatic carbocycles. The summed E-state index contributed by atoms with van der Waals surface area (Å²) < 4.78 is 30.2. The van der Waals surface area contributed by atoms with Crippen LogP contribution in [0.3, 0.4) is 0 Å². The van der Waals surface area contributed by atoms with E-state index < -0.39 is 34.7 Å². The molecule has 0 radical (unpaired) electrons. The van der Waals surface area contributed by atoms with Crippen LogP contribution in [0.15, 0.2) is 22.6 Å². The number of oxazole rings is 1. The molecule has 1 N–H and O–H groups in total. The van der Waals surface area contributed by atoms with E-state index in [0.29, 0.717) is 5.56 Å². The van der Waals surface area contributed by atoms with Gasteiger partial charge in [0.05, 0.1) is 4.92 Å². The minimum atomic E-state index is -3.13. The molecule has 0 amide bonds. The number of carboxylic acid groups (broad SMARTS) is 1. The molecule has 0 aliphatic rings. The lowest BCUT2D eigenvalue weighted by molar-refractivity contribution is -0.384. The Labute approximate surface area is 116 Å². The molecule has 0 fully saturated rings. The summed E-state index contributed by atoms with van der Waals surface area (Å²) in [5.41, 5.74) is -0.760. The number of nitrogens with zero attached hydrogens (tertiary/aromatic N) is 2. The first-order valence-electron chi connectivity index (χ1n) is 5.58. The Hall–Kier alpha value is -2.84. The molecule has 0 atom stereocenters. The molecule has 0 spiro atoms. The highest BCUT2D eigenvalue weighted by molar-refractivity contribution is 5.86. The summed E-state index contributed by atoms with van der Waals surface area (Å²) in [5, 5.41) is 19.6. The Bertz CT molecular complexity index is 726. The van der Waals surface area contributed by atoms with Gasteiger partial charge in [-0.2, -0.15) is 0 Å². The number of hydrogen-bond acceptors (Lipinski definition) is 5. The summed E-state index contributed by atoms with van der Waals surface area (Å²) in [4.78, 5) is 24.4. The van der Waals surface area contributed by atoms with Crippen LogP contribution < -0.4 is 0 Å². The second kappa shape index (κ2) is 5.27. The van der Waals surface area contributed by atoms with Crippen LogP contribution in [-0.2, 0) is 0 Å². The van der Waals surface area contributed by atoms with Crippen LogP contribution in [0.2, 0.25) is 0 Å². The van der Waals surface area contributed by atoms with Crippen molar-refractivity contribution in [3.05, 3.63) is 45.3 Å². The SMILES string of the molecule is Cc1cc(-c2nc(C(F)F)c(C(=O)O)o2)cc([N+](=O)[O-])c1. The number of nitro groups is 1. The fourth-order valence-corrected chi connectivity index (χ4v) is 1.75. The summed E-state index contributed by atoms with van der Waals surface area (Å²) in [6.45, 7) is 1.56. The Kier molecular flexibility index (Phi) is 3.66. The zero-order valence-electron chi connectivity index (χ0n) is 10.5. The summed E-state index contributed by atoms with van der Waals surface area (Å²) in [7, 11) is 0. The molecule has 0 saturated carbocycles. The van der Waals surface area contributed by atoms with Crippen molar-refractivity contribution >= 4 is 11.7 Å². The molecule has 1 heterocycles. The van der Waals surface area contributed by atoms with Gasteiger partial charge in [-0.15, -0.1) is 0 Å². The van der Waals surface area contributed by atoms with E-state index in [9.17, 15) is 23.7 Å². The molecule has 0 bridgehead atoms. The van der Waals surface area contributed by atoms with Gasteiger partial charge in [-0.25, -0.2) is 18.6 Å². The molecule has 9 heteroatoms. The average Bonchev–Trinajstić information content (AvgIpc) is 2.83. The van der Waals surface area contributed by atoms with Gasteiger partial charge in [-0.05, 0) is 18.6 Å². The van der Waals surface area contributed by atoms with Crippen LogP contribution >= 0.6 is 0 Å². The van der Waals surface area contributed by atoms with Crippen molar-refractivity contribution < 1.29 is 28.0 Å². The predicted octanol–water partition coefficient (Wildman–Crippen LogP) is 3.19. The third kappa shape index (κ3) is 2.86. The highest BCUT2D eigenvalue weighted by atomic mass is 19.3. The number of aryl methyl sites for hydroxylation is 1. The maximum Gasteiger partial charge on any atom is 0.374 e. The first-order valence-corrected chi connectivity index (χ1v) is 5.58. The lowest BCUT2D eigenvalue weighted by Crippen LogP contribution is -1.99. The van der Waals surface area contributed by atoms with E-state index in [4.69, 9.17) is 9.52 Å². The van der Waals surface area contributed by atoms with E-state index in [1.54, 1.807) is 6.92 Å². The van der Waals surface area contributed by atoms with Crippen molar-refractivity contribution in [1.82, 2.24) is 4.98 Å². The van der Waals surface area contributed by atoms with Gasteiger partial charge >= 0.3 is 5.97 Å². The summed E-state index contributed by atoms with van der Waals surface area (Å²) >= 11 is 0. The molecular formula is C12H8F2N2O5. The van der Waals surface area contributed by atoms with E-state index in [1.807, 2.05) is 0 Å². The van der Waals surface area contributed by atoms with Gasteiger partial charge in [0.2, 0.25) is 11.7 Å². The molecule has 0 saturated heterocycles. The first kappa shape index (κ1) is 14.6. The van der Waals surface area contributed by atoms with Crippen LogP contribution in [-0.4, -0.2) is 21.0 Å². The monoisotopic (exact) mass is 298 g/mol. The number of alkyl halides is 2. The molecule has 2 aromatic rings. The number of halogens is 2. The molecule has 0 aliphatic heterocycles. The van der Waals surface area contributed by atoms with E-state index in [-0.39, 0.29) is 11.3 Å². The largest absolute Gasteiger partial charge is 0.475 e. The third-order valence-corrected chi connectivity index (χ3v) is 2.57. The van der Waals surface area contributed by atoms with Gasteiger partial charge in [-0.1, -0.05) is 0 Å². The number of hydrogen-bond donors (Lipinski definition) is 1. The second-order valence-electron chi connectivity index (χ2n) is 4.15. The van der Waals surface area contributed by atoms with Crippen LogP contribution in [0, 0.1) is 17.0 Å². The molecule has 1 aromatic carbocycles. The number of non-ortho nitro benzene ring substituents is 1. The Balaban J connectivity index is 2.59. The van der Waals surface area contributed by atoms with Crippen molar-refractivity contribution in [1.29, 1.82) is 0 Å². The number of aromatic nitrogens is 1. The van der Waals surface area contributed by atoms with Gasteiger partial charge in [0, 0.05) is 17.7 Å². The number of aromatic carboxylic acids is 1. The summed E-state index contributed by atoms with van der Waals surface area (Å²) in [6, 6.07) is 3.76. The normalized spacial score (nSPS) is 10.9. The predicted molar refractivity (Wildman–Crippen MR) is 65.2 cm³/mol. The maximum atomic E-state index is 12.7. The molecule has 0 unspecified atom stereocenters. The second-order valence-corrected chi connectivity index (χ2v) is 4.15. The highest BCUT2D eigenvalue weighted by Crippen LogP contribution is 2.30. The molecule has 1 aromatic heterocycles. The maximum absolute atomic E-state index is 12.7. The van der Waals surface area contributed by atoms with Crippen LogP contribution in [0.4, 0.5) is 14.5 Å². The lowest BCUT2D eigenvalue weighted by Gasteiger charge is -1.99. The van der Waals surface area contributed by atoms with Gasteiger partial charge in [0.15, 0.2) is 5.69 Å². The molecule has 2 rings (SSSR count). The summed E-state index contributed by atoms with van der Waals surface area (Å²) in [5.74, 6) is -3.08. The number of carboxylic acids is 1. The number of nitro benzene ring substituents is 1. The van der Waals surface area contributed by atoms with Crippen LogP contribution in [0.5, 0.6) is 0 Å². The smallest absolute Gasteiger partial charge is 0.374 e. The molecular weight excluding hydrogens is 290 g/mol. The molecule has 110 valence electrons. The van der Waals surface area contributed by atoms with Gasteiger partial charge < -0.3 is 9.52 Å². The Morgan fingerprint density at radius 2 is 2.10 bits per heavy atom. The zero-order chi connectivity index (χ0) is 15.7. The number of carbonyl (C=O) groups is 1. The molecule has 7 nitrogen and oxygen atoms in total. The average molecular weight is 298 g/mol. The highest BCUT2D eigenvalue weighted by Gasteiger charge is 2.27.